The first-order chi connectivity index (χ1) is 15.7. The summed E-state index contributed by atoms with van der Waals surface area (Å²) >= 11 is 0. The summed E-state index contributed by atoms with van der Waals surface area (Å²) in [4.78, 5) is 37.8. The summed E-state index contributed by atoms with van der Waals surface area (Å²) in [6.45, 7) is 3.31. The van der Waals surface area contributed by atoms with Gasteiger partial charge in [0.15, 0.2) is 5.69 Å². The summed E-state index contributed by atoms with van der Waals surface area (Å²) in [5.74, 6) is 0.669. The van der Waals surface area contributed by atoms with Crippen molar-refractivity contribution in [2.45, 2.75) is 24.8 Å². The standard InChI is InChI=1S/C22H21N5O5S/c1-4-12-23-33(31,32)16-9-7-8-15(13-16)20(28)24-25-21(29)19-17-10-5-6-11-18(17)22(30)27(26-19)14(2)3/h1,5-11,13-14,23H,12H2,2-3H3,(H,24,28)(H,25,29). The SMILES string of the molecule is C#CCNS(=O)(=O)c1cccc(C(=O)NNC(=O)c2nn(C(C)C)c(=O)c3ccccc23)c1. The number of fused-ring (bicyclic) bond motifs is 1. The Labute approximate surface area is 190 Å². The minimum Gasteiger partial charge on any atom is -0.267 e. The lowest BCUT2D eigenvalue weighted by Crippen LogP contribution is -2.43. The second kappa shape index (κ2) is 9.64. The Hall–Kier alpha value is -4.01. The van der Waals surface area contributed by atoms with Gasteiger partial charge in [0.25, 0.3) is 17.4 Å². The van der Waals surface area contributed by atoms with Crippen molar-refractivity contribution in [1.82, 2.24) is 25.4 Å². The molecule has 0 aliphatic carbocycles. The Kier molecular flexibility index (Phi) is 6.91. The summed E-state index contributed by atoms with van der Waals surface area (Å²) in [7, 11) is -3.90. The highest BCUT2D eigenvalue weighted by atomic mass is 32.2. The van der Waals surface area contributed by atoms with E-state index >= 15 is 0 Å². The molecule has 3 aromatic rings. The lowest BCUT2D eigenvalue weighted by atomic mass is 10.1. The Bertz CT molecular complexity index is 1440. The smallest absolute Gasteiger partial charge is 0.267 e. The van der Waals surface area contributed by atoms with Gasteiger partial charge < -0.3 is 0 Å². The van der Waals surface area contributed by atoms with Gasteiger partial charge in [0, 0.05) is 10.9 Å². The number of hydrogen-bond donors (Lipinski definition) is 3. The zero-order valence-corrected chi connectivity index (χ0v) is 18.6. The summed E-state index contributed by atoms with van der Waals surface area (Å²) in [5.41, 5.74) is 4.10. The van der Waals surface area contributed by atoms with E-state index in [1.807, 2.05) is 0 Å². The molecule has 11 heteroatoms. The molecule has 0 unspecified atom stereocenters. The van der Waals surface area contributed by atoms with E-state index in [1.54, 1.807) is 38.1 Å². The molecule has 0 bridgehead atoms. The van der Waals surface area contributed by atoms with Crippen molar-refractivity contribution >= 4 is 32.6 Å². The Morgan fingerprint density at radius 3 is 2.39 bits per heavy atom. The highest BCUT2D eigenvalue weighted by Crippen LogP contribution is 2.15. The van der Waals surface area contributed by atoms with Crippen LogP contribution in [0.1, 0.15) is 40.7 Å². The van der Waals surface area contributed by atoms with Crippen molar-refractivity contribution in [1.29, 1.82) is 0 Å². The summed E-state index contributed by atoms with van der Waals surface area (Å²) in [6.07, 6.45) is 5.07. The van der Waals surface area contributed by atoms with Crippen LogP contribution in [0.2, 0.25) is 0 Å². The van der Waals surface area contributed by atoms with Gasteiger partial charge in [-0.25, -0.2) is 13.1 Å². The average Bonchev–Trinajstić information content (AvgIpc) is 2.81. The molecule has 1 heterocycles. The quantitative estimate of drug-likeness (QED) is 0.365. The number of nitrogens with zero attached hydrogens (tertiary/aromatic N) is 2. The second-order valence-corrected chi connectivity index (χ2v) is 8.97. The minimum absolute atomic E-state index is 0.0103. The van der Waals surface area contributed by atoms with Gasteiger partial charge in [0.1, 0.15) is 0 Å². The first kappa shape index (κ1) is 23.6. The Morgan fingerprint density at radius 2 is 1.73 bits per heavy atom. The molecule has 3 rings (SSSR count). The van der Waals surface area contributed by atoms with Gasteiger partial charge in [-0.1, -0.05) is 30.2 Å². The molecule has 0 aliphatic heterocycles. The Balaban J connectivity index is 1.84. The Morgan fingerprint density at radius 1 is 1.06 bits per heavy atom. The number of hydrazine groups is 1. The van der Waals surface area contributed by atoms with Crippen molar-refractivity contribution in [3.63, 3.8) is 0 Å². The number of hydrogen-bond acceptors (Lipinski definition) is 6. The number of terminal acetylenes is 1. The van der Waals surface area contributed by atoms with Gasteiger partial charge in [-0.2, -0.15) is 9.82 Å². The van der Waals surface area contributed by atoms with E-state index in [4.69, 9.17) is 6.42 Å². The van der Waals surface area contributed by atoms with Gasteiger partial charge in [-0.15, -0.1) is 6.42 Å². The molecule has 10 nitrogen and oxygen atoms in total. The normalized spacial score (nSPS) is 11.2. The number of benzene rings is 2. The van der Waals surface area contributed by atoms with Gasteiger partial charge in [-0.3, -0.25) is 25.2 Å². The molecule has 1 aromatic heterocycles. The van der Waals surface area contributed by atoms with Crippen molar-refractivity contribution in [2.24, 2.45) is 0 Å². The maximum atomic E-state index is 12.8. The fourth-order valence-electron chi connectivity index (χ4n) is 2.99. The van der Waals surface area contributed by atoms with Gasteiger partial charge in [-0.05, 0) is 38.1 Å². The number of amides is 2. The van der Waals surface area contributed by atoms with Gasteiger partial charge in [0.05, 0.1) is 22.9 Å². The van der Waals surface area contributed by atoms with Crippen molar-refractivity contribution in [2.75, 3.05) is 6.54 Å². The molecule has 2 amide bonds. The molecule has 0 saturated carbocycles. The monoisotopic (exact) mass is 467 g/mol. The van der Waals surface area contributed by atoms with Crippen LogP contribution in [-0.2, 0) is 10.0 Å². The summed E-state index contributed by atoms with van der Waals surface area (Å²) in [6, 6.07) is 11.4. The second-order valence-electron chi connectivity index (χ2n) is 7.20. The fraction of sp³-hybridized carbons (Fsp3) is 0.182. The third kappa shape index (κ3) is 5.08. The number of rotatable bonds is 6. The molecular weight excluding hydrogens is 446 g/mol. The van der Waals surface area contributed by atoms with E-state index in [2.05, 4.69) is 26.6 Å². The third-order valence-electron chi connectivity index (χ3n) is 4.59. The van der Waals surface area contributed by atoms with Crippen LogP contribution in [0, 0.1) is 12.3 Å². The lowest BCUT2D eigenvalue weighted by Gasteiger charge is -2.14. The van der Waals surface area contributed by atoms with Gasteiger partial charge in [0.2, 0.25) is 10.0 Å². The zero-order valence-electron chi connectivity index (χ0n) is 17.8. The van der Waals surface area contributed by atoms with Crippen molar-refractivity contribution in [3.8, 4) is 12.3 Å². The van der Waals surface area contributed by atoms with Crippen LogP contribution in [-0.4, -0.2) is 36.6 Å². The number of sulfonamides is 1. The maximum Gasteiger partial charge on any atom is 0.290 e. The summed E-state index contributed by atoms with van der Waals surface area (Å²) < 4.78 is 27.8. The topological polar surface area (TPSA) is 139 Å². The molecule has 0 aliphatic rings. The fourth-order valence-corrected chi connectivity index (χ4v) is 3.97. The molecule has 0 fully saturated rings. The molecule has 33 heavy (non-hydrogen) atoms. The van der Waals surface area contributed by atoms with Gasteiger partial charge >= 0.3 is 0 Å². The number of aromatic nitrogens is 2. The largest absolute Gasteiger partial charge is 0.290 e. The first-order valence-electron chi connectivity index (χ1n) is 9.81. The van der Waals surface area contributed by atoms with Crippen LogP contribution < -0.4 is 21.1 Å². The number of carbonyl (C=O) groups is 2. The summed E-state index contributed by atoms with van der Waals surface area (Å²) in [5, 5.41) is 4.81. The molecule has 0 atom stereocenters. The van der Waals surface area contributed by atoms with Crippen LogP contribution in [0.25, 0.3) is 10.8 Å². The maximum absolute atomic E-state index is 12.8. The van der Waals surface area contributed by atoms with E-state index in [9.17, 15) is 22.8 Å². The predicted octanol–water partition coefficient (Wildman–Crippen LogP) is 0.964. The van der Waals surface area contributed by atoms with E-state index in [1.165, 1.54) is 22.9 Å². The lowest BCUT2D eigenvalue weighted by molar-refractivity contribution is 0.0843. The zero-order chi connectivity index (χ0) is 24.2. The van der Waals surface area contributed by atoms with Crippen molar-refractivity contribution < 1.29 is 18.0 Å². The highest BCUT2D eigenvalue weighted by molar-refractivity contribution is 7.89. The predicted molar refractivity (Wildman–Crippen MR) is 122 cm³/mol. The molecule has 2 aromatic carbocycles. The highest BCUT2D eigenvalue weighted by Gasteiger charge is 2.19. The van der Waals surface area contributed by atoms with E-state index in [0.717, 1.165) is 6.07 Å². The van der Waals surface area contributed by atoms with Crippen LogP contribution in [0.15, 0.2) is 58.2 Å². The van der Waals surface area contributed by atoms with Crippen LogP contribution in [0.5, 0.6) is 0 Å². The van der Waals surface area contributed by atoms with Crippen LogP contribution in [0.3, 0.4) is 0 Å². The van der Waals surface area contributed by atoms with Crippen LogP contribution >= 0.6 is 0 Å². The minimum atomic E-state index is -3.90. The molecule has 0 spiro atoms. The molecular formula is C22H21N5O5S. The molecule has 0 radical (unpaired) electrons. The van der Waals surface area contributed by atoms with E-state index < -0.39 is 21.8 Å². The molecule has 0 saturated heterocycles. The number of carbonyl (C=O) groups excluding carboxylic acids is 2. The van der Waals surface area contributed by atoms with Crippen molar-refractivity contribution in [3.05, 3.63) is 70.1 Å². The van der Waals surface area contributed by atoms with E-state index in [0.29, 0.717) is 10.8 Å². The first-order valence-corrected chi connectivity index (χ1v) is 11.3. The molecule has 170 valence electrons. The number of nitrogens with one attached hydrogen (secondary N) is 3. The van der Waals surface area contributed by atoms with Crippen LogP contribution in [0.4, 0.5) is 0 Å². The molecule has 3 N–H and O–H groups in total. The third-order valence-corrected chi connectivity index (χ3v) is 5.99. The average molecular weight is 468 g/mol. The van der Waals surface area contributed by atoms with E-state index in [-0.39, 0.29) is 34.3 Å².